The van der Waals surface area contributed by atoms with Gasteiger partial charge in [-0.15, -0.1) is 5.10 Å². The van der Waals surface area contributed by atoms with Gasteiger partial charge in [-0.25, -0.2) is 23.3 Å². The molecule has 42 heavy (non-hydrogen) atoms. The first-order valence-electron chi connectivity index (χ1n) is 12.7. The van der Waals surface area contributed by atoms with Gasteiger partial charge in [0, 0.05) is 31.4 Å². The SMILES string of the molecule is C[C@H](NC(=O)c1ccc([N+](=O)[O-])o1)C(=O)N1CCN(c2c(F)cc(N3C[C@H](Cn4ccnn4)OC3=O)cc2F)CCO1. The van der Waals surface area contributed by atoms with Crippen molar-refractivity contribution in [3.63, 3.8) is 0 Å². The van der Waals surface area contributed by atoms with Crippen molar-refractivity contribution in [2.45, 2.75) is 25.6 Å². The number of carbonyl (C=O) groups excluding carboxylic acids is 3. The molecule has 0 saturated carbocycles. The number of ether oxygens (including phenoxy) is 1. The third-order valence-corrected chi connectivity index (χ3v) is 6.51. The van der Waals surface area contributed by atoms with E-state index in [1.54, 1.807) is 6.20 Å². The number of carbonyl (C=O) groups is 3. The number of nitrogens with zero attached hydrogens (tertiary/aromatic N) is 7. The van der Waals surface area contributed by atoms with Crippen LogP contribution in [0.25, 0.3) is 0 Å². The van der Waals surface area contributed by atoms with Crippen LogP contribution >= 0.6 is 0 Å². The highest BCUT2D eigenvalue weighted by molar-refractivity contribution is 5.95. The van der Waals surface area contributed by atoms with Gasteiger partial charge in [-0.2, -0.15) is 0 Å². The first-order chi connectivity index (χ1) is 20.1. The van der Waals surface area contributed by atoms with E-state index in [9.17, 15) is 24.5 Å². The molecule has 1 aromatic carbocycles. The van der Waals surface area contributed by atoms with Crippen LogP contribution in [0.1, 0.15) is 17.5 Å². The van der Waals surface area contributed by atoms with Crippen LogP contribution in [0.5, 0.6) is 0 Å². The molecule has 2 atom stereocenters. The predicted molar refractivity (Wildman–Crippen MR) is 136 cm³/mol. The smallest absolute Gasteiger partial charge is 0.433 e. The largest absolute Gasteiger partial charge is 0.442 e. The van der Waals surface area contributed by atoms with Crippen molar-refractivity contribution in [2.75, 3.05) is 42.6 Å². The lowest BCUT2D eigenvalue weighted by molar-refractivity contribution is -0.402. The molecule has 2 aromatic heterocycles. The molecule has 18 heteroatoms. The van der Waals surface area contributed by atoms with Gasteiger partial charge in [-0.1, -0.05) is 5.21 Å². The van der Waals surface area contributed by atoms with E-state index in [-0.39, 0.29) is 56.5 Å². The Hall–Kier alpha value is -5.13. The molecule has 1 N–H and O–H groups in total. The lowest BCUT2D eigenvalue weighted by Gasteiger charge is -2.25. The number of halogens is 2. The molecule has 0 unspecified atom stereocenters. The second-order valence-corrected chi connectivity index (χ2v) is 9.35. The fraction of sp³-hybridized carbons (Fsp3) is 0.375. The van der Waals surface area contributed by atoms with Crippen LogP contribution in [-0.2, 0) is 20.9 Å². The summed E-state index contributed by atoms with van der Waals surface area (Å²) in [6.07, 6.45) is 1.72. The Morgan fingerprint density at radius 3 is 2.64 bits per heavy atom. The average Bonchev–Trinajstić information content (AvgIpc) is 3.68. The van der Waals surface area contributed by atoms with E-state index in [0.717, 1.165) is 34.2 Å². The lowest BCUT2D eigenvalue weighted by atomic mass is 10.2. The van der Waals surface area contributed by atoms with Crippen molar-refractivity contribution in [2.24, 2.45) is 0 Å². The summed E-state index contributed by atoms with van der Waals surface area (Å²) in [4.78, 5) is 55.5. The molecule has 4 heterocycles. The minimum Gasteiger partial charge on any atom is -0.442 e. The third kappa shape index (κ3) is 5.97. The Bertz CT molecular complexity index is 1480. The van der Waals surface area contributed by atoms with Gasteiger partial charge in [0.05, 0.1) is 44.2 Å². The third-order valence-electron chi connectivity index (χ3n) is 6.51. The summed E-state index contributed by atoms with van der Waals surface area (Å²) in [5.41, 5.74) is -0.377. The number of nitro groups is 1. The standard InChI is InChI=1S/C24H24F2N8O8/c1-14(28-22(35)19-2-3-20(42-19)34(38)39)23(36)33-7-6-30(8-9-40-33)21-17(25)10-15(11-18(21)26)32-13-16(41-24(32)37)12-31-5-4-27-29-31/h2-5,10-11,14,16H,6-9,12-13H2,1H3,(H,28,35)/t14-,16-/m0/s1. The number of hydrogen-bond donors (Lipinski definition) is 1. The fourth-order valence-electron chi connectivity index (χ4n) is 4.52. The maximum absolute atomic E-state index is 15.2. The number of benzene rings is 1. The van der Waals surface area contributed by atoms with Crippen molar-refractivity contribution >= 4 is 35.2 Å². The molecular formula is C24H24F2N8O8. The Morgan fingerprint density at radius 1 is 1.21 bits per heavy atom. The zero-order valence-corrected chi connectivity index (χ0v) is 22.0. The normalized spacial score (nSPS) is 18.0. The topological polar surface area (TPSA) is 178 Å². The van der Waals surface area contributed by atoms with Gasteiger partial charge >= 0.3 is 12.0 Å². The Morgan fingerprint density at radius 2 is 1.98 bits per heavy atom. The molecule has 222 valence electrons. The van der Waals surface area contributed by atoms with Gasteiger partial charge in [0.1, 0.15) is 22.8 Å². The van der Waals surface area contributed by atoms with Crippen LogP contribution in [0.15, 0.2) is 41.1 Å². The van der Waals surface area contributed by atoms with Crippen molar-refractivity contribution in [3.05, 3.63) is 64.2 Å². The van der Waals surface area contributed by atoms with E-state index in [2.05, 4.69) is 15.6 Å². The van der Waals surface area contributed by atoms with Gasteiger partial charge in [-0.3, -0.25) is 29.4 Å². The number of furan rings is 1. The summed E-state index contributed by atoms with van der Waals surface area (Å²) < 4.78 is 42.1. The summed E-state index contributed by atoms with van der Waals surface area (Å²) in [6.45, 7) is 1.45. The molecule has 2 saturated heterocycles. The number of cyclic esters (lactones) is 1. The van der Waals surface area contributed by atoms with Gasteiger partial charge in [0.15, 0.2) is 17.4 Å². The number of aromatic nitrogens is 3. The number of anilines is 2. The number of hydroxylamine groups is 2. The van der Waals surface area contributed by atoms with Gasteiger partial charge in [0.25, 0.3) is 11.8 Å². The highest BCUT2D eigenvalue weighted by Crippen LogP contribution is 2.31. The molecule has 2 fully saturated rings. The van der Waals surface area contributed by atoms with Crippen LogP contribution in [0, 0.1) is 21.7 Å². The van der Waals surface area contributed by atoms with E-state index < -0.39 is 52.5 Å². The fourth-order valence-corrected chi connectivity index (χ4v) is 4.52. The van der Waals surface area contributed by atoms with Crippen molar-refractivity contribution in [1.29, 1.82) is 0 Å². The first kappa shape index (κ1) is 28.4. The Balaban J connectivity index is 1.20. The van der Waals surface area contributed by atoms with E-state index in [4.69, 9.17) is 14.0 Å². The number of hydrogen-bond acceptors (Lipinski definition) is 11. The minimum atomic E-state index is -1.12. The van der Waals surface area contributed by atoms with Gasteiger partial charge < -0.3 is 19.4 Å². The molecule has 3 amide bonds. The first-order valence-corrected chi connectivity index (χ1v) is 12.7. The van der Waals surface area contributed by atoms with E-state index >= 15 is 8.78 Å². The highest BCUT2D eigenvalue weighted by atomic mass is 19.1. The highest BCUT2D eigenvalue weighted by Gasteiger charge is 2.35. The summed E-state index contributed by atoms with van der Waals surface area (Å²) in [6, 6.07) is 3.05. The monoisotopic (exact) mass is 590 g/mol. The second-order valence-electron chi connectivity index (χ2n) is 9.35. The molecule has 2 aliphatic rings. The van der Waals surface area contributed by atoms with Crippen molar-refractivity contribution in [1.82, 2.24) is 25.4 Å². The molecule has 2 aliphatic heterocycles. The van der Waals surface area contributed by atoms with Crippen molar-refractivity contribution < 1.29 is 42.1 Å². The molecule has 16 nitrogen and oxygen atoms in total. The second kappa shape index (κ2) is 11.8. The number of amides is 3. The lowest BCUT2D eigenvalue weighted by Crippen LogP contribution is -2.47. The average molecular weight is 591 g/mol. The van der Waals surface area contributed by atoms with Crippen LogP contribution in [-0.4, -0.2) is 87.8 Å². The molecule has 3 aromatic rings. The van der Waals surface area contributed by atoms with Crippen LogP contribution in [0.3, 0.4) is 0 Å². The molecule has 5 rings (SSSR count). The summed E-state index contributed by atoms with van der Waals surface area (Å²) >= 11 is 0. The summed E-state index contributed by atoms with van der Waals surface area (Å²) in [5.74, 6) is -4.34. The zero-order valence-electron chi connectivity index (χ0n) is 22.0. The van der Waals surface area contributed by atoms with E-state index in [1.165, 1.54) is 22.7 Å². The molecule has 0 spiro atoms. The van der Waals surface area contributed by atoms with Crippen molar-refractivity contribution in [3.8, 4) is 0 Å². The Kier molecular flexibility index (Phi) is 7.96. The Labute approximate surface area is 235 Å². The summed E-state index contributed by atoms with van der Waals surface area (Å²) in [5, 5.41) is 21.6. The maximum atomic E-state index is 15.2. The van der Waals surface area contributed by atoms with Crippen LogP contribution in [0.4, 0.5) is 30.8 Å². The number of rotatable bonds is 8. The molecule has 0 bridgehead atoms. The summed E-state index contributed by atoms with van der Waals surface area (Å²) in [7, 11) is 0. The van der Waals surface area contributed by atoms with Gasteiger partial charge in [0.2, 0.25) is 0 Å². The van der Waals surface area contributed by atoms with Gasteiger partial charge in [-0.05, 0) is 13.0 Å². The minimum absolute atomic E-state index is 0.0181. The number of nitrogens with one attached hydrogen (secondary N) is 1. The molecule has 0 aliphatic carbocycles. The van der Waals surface area contributed by atoms with Crippen LogP contribution in [0.2, 0.25) is 0 Å². The predicted octanol–water partition coefficient (Wildman–Crippen LogP) is 1.48. The van der Waals surface area contributed by atoms with E-state index in [0.29, 0.717) is 0 Å². The zero-order chi connectivity index (χ0) is 30.0. The molecule has 0 radical (unpaired) electrons. The maximum Gasteiger partial charge on any atom is 0.433 e. The molecular weight excluding hydrogens is 566 g/mol. The quantitative estimate of drug-likeness (QED) is 0.297. The van der Waals surface area contributed by atoms with E-state index in [1.807, 2.05) is 0 Å². The van der Waals surface area contributed by atoms with Crippen LogP contribution < -0.4 is 15.1 Å².